The fourth-order valence-electron chi connectivity index (χ4n) is 2.74. The topological polar surface area (TPSA) is 12.5 Å². The summed E-state index contributed by atoms with van der Waals surface area (Å²) in [5.41, 5.74) is 3.49. The molecule has 3 heteroatoms. The fourth-order valence-corrected chi connectivity index (χ4v) is 2.91. The molecular formula is C21H20ClNO. The van der Waals surface area contributed by atoms with Crippen molar-refractivity contribution in [3.8, 4) is 5.75 Å². The van der Waals surface area contributed by atoms with Crippen molar-refractivity contribution in [1.82, 2.24) is 0 Å². The zero-order chi connectivity index (χ0) is 16.8. The van der Waals surface area contributed by atoms with Gasteiger partial charge >= 0.3 is 0 Å². The molecule has 3 aromatic carbocycles. The Morgan fingerprint density at radius 1 is 0.792 bits per heavy atom. The number of rotatable bonds is 6. The summed E-state index contributed by atoms with van der Waals surface area (Å²) >= 11 is 6.24. The number of hydrogen-bond donors (Lipinski definition) is 0. The number of nitrogens with zero attached hydrogens (tertiary/aromatic N) is 1. The van der Waals surface area contributed by atoms with Gasteiger partial charge in [0.15, 0.2) is 0 Å². The molecule has 0 aliphatic heterocycles. The van der Waals surface area contributed by atoms with Crippen LogP contribution in [0.4, 0.5) is 5.69 Å². The van der Waals surface area contributed by atoms with Crippen LogP contribution in [-0.4, -0.2) is 7.11 Å². The molecular weight excluding hydrogens is 318 g/mol. The smallest absolute Gasteiger partial charge is 0.142 e. The summed E-state index contributed by atoms with van der Waals surface area (Å²) in [7, 11) is 1.69. The van der Waals surface area contributed by atoms with Gasteiger partial charge in [-0.2, -0.15) is 0 Å². The highest BCUT2D eigenvalue weighted by molar-refractivity contribution is 6.30. The maximum Gasteiger partial charge on any atom is 0.142 e. The summed E-state index contributed by atoms with van der Waals surface area (Å²) in [6.45, 7) is 1.57. The Balaban J connectivity index is 1.96. The van der Waals surface area contributed by atoms with E-state index >= 15 is 0 Å². The highest BCUT2D eigenvalue weighted by Gasteiger charge is 2.14. The van der Waals surface area contributed by atoms with Crippen molar-refractivity contribution in [3.05, 3.63) is 95.0 Å². The van der Waals surface area contributed by atoms with Gasteiger partial charge in [0.25, 0.3) is 0 Å². The molecule has 0 aliphatic carbocycles. The largest absolute Gasteiger partial charge is 0.495 e. The standard InChI is InChI=1S/C21H20ClNO/c1-24-21-13-12-19(22)14-20(21)23(15-17-8-4-2-5-9-17)16-18-10-6-3-7-11-18/h2-14H,15-16H2,1H3. The SMILES string of the molecule is COc1ccc(Cl)cc1N(Cc1ccccc1)Cc1ccccc1. The van der Waals surface area contributed by atoms with Crippen molar-refractivity contribution in [3.63, 3.8) is 0 Å². The number of ether oxygens (including phenoxy) is 1. The number of methoxy groups -OCH3 is 1. The Labute approximate surface area is 148 Å². The van der Waals surface area contributed by atoms with E-state index in [-0.39, 0.29) is 0 Å². The number of halogens is 1. The second-order valence-electron chi connectivity index (χ2n) is 5.64. The Morgan fingerprint density at radius 3 is 1.83 bits per heavy atom. The molecule has 0 aliphatic rings. The van der Waals surface area contributed by atoms with Crippen LogP contribution in [0.15, 0.2) is 78.9 Å². The molecule has 0 saturated carbocycles. The highest BCUT2D eigenvalue weighted by Crippen LogP contribution is 2.33. The fraction of sp³-hybridized carbons (Fsp3) is 0.143. The van der Waals surface area contributed by atoms with Crippen LogP contribution in [-0.2, 0) is 13.1 Å². The summed E-state index contributed by atoms with van der Waals surface area (Å²) in [5, 5.41) is 0.705. The van der Waals surface area contributed by atoms with Crippen molar-refractivity contribution in [2.75, 3.05) is 12.0 Å². The van der Waals surface area contributed by atoms with Gasteiger partial charge in [-0.25, -0.2) is 0 Å². The lowest BCUT2D eigenvalue weighted by Gasteiger charge is -2.27. The van der Waals surface area contributed by atoms with E-state index in [1.54, 1.807) is 7.11 Å². The van der Waals surface area contributed by atoms with E-state index in [0.717, 1.165) is 24.5 Å². The predicted octanol–water partition coefficient (Wildman–Crippen LogP) is 5.56. The average molecular weight is 338 g/mol. The quantitative estimate of drug-likeness (QED) is 0.584. The summed E-state index contributed by atoms with van der Waals surface area (Å²) in [4.78, 5) is 2.29. The number of hydrogen-bond acceptors (Lipinski definition) is 2. The van der Waals surface area contributed by atoms with E-state index in [1.807, 2.05) is 30.3 Å². The second-order valence-corrected chi connectivity index (χ2v) is 6.08. The molecule has 0 N–H and O–H groups in total. The zero-order valence-corrected chi connectivity index (χ0v) is 14.4. The van der Waals surface area contributed by atoms with Crippen LogP contribution in [0.5, 0.6) is 5.75 Å². The minimum atomic E-state index is 0.705. The molecule has 0 saturated heterocycles. The number of benzene rings is 3. The lowest BCUT2D eigenvalue weighted by Crippen LogP contribution is -2.22. The van der Waals surface area contributed by atoms with E-state index in [1.165, 1.54) is 11.1 Å². The normalized spacial score (nSPS) is 10.4. The average Bonchev–Trinajstić information content (AvgIpc) is 2.63. The third-order valence-corrected chi connectivity index (χ3v) is 4.15. The van der Waals surface area contributed by atoms with Crippen molar-refractivity contribution in [2.24, 2.45) is 0 Å². The molecule has 3 rings (SSSR count). The monoisotopic (exact) mass is 337 g/mol. The molecule has 0 aromatic heterocycles. The molecule has 0 atom stereocenters. The molecule has 3 aromatic rings. The first kappa shape index (κ1) is 16.4. The van der Waals surface area contributed by atoms with Gasteiger partial charge in [-0.15, -0.1) is 0 Å². The molecule has 2 nitrogen and oxygen atoms in total. The molecule has 0 unspecified atom stereocenters. The summed E-state index contributed by atoms with van der Waals surface area (Å²) in [6.07, 6.45) is 0. The molecule has 122 valence electrons. The van der Waals surface area contributed by atoms with Crippen LogP contribution < -0.4 is 9.64 Å². The maximum absolute atomic E-state index is 6.24. The van der Waals surface area contributed by atoms with E-state index < -0.39 is 0 Å². The molecule has 0 fully saturated rings. The maximum atomic E-state index is 6.24. The Hall–Kier alpha value is -2.45. The third-order valence-electron chi connectivity index (χ3n) is 3.91. The first-order chi connectivity index (χ1) is 11.8. The second kappa shape index (κ2) is 7.89. The van der Waals surface area contributed by atoms with Crippen molar-refractivity contribution in [1.29, 1.82) is 0 Å². The lowest BCUT2D eigenvalue weighted by molar-refractivity contribution is 0.414. The van der Waals surface area contributed by atoms with E-state index in [0.29, 0.717) is 5.02 Å². The minimum Gasteiger partial charge on any atom is -0.495 e. The number of anilines is 1. The van der Waals surface area contributed by atoms with Crippen molar-refractivity contribution >= 4 is 17.3 Å². The Kier molecular flexibility index (Phi) is 5.39. The van der Waals surface area contributed by atoms with Crippen molar-refractivity contribution < 1.29 is 4.74 Å². The van der Waals surface area contributed by atoms with E-state index in [2.05, 4.69) is 53.4 Å². The third kappa shape index (κ3) is 4.09. The van der Waals surface area contributed by atoms with Gasteiger partial charge in [-0.05, 0) is 29.3 Å². The summed E-state index contributed by atoms with van der Waals surface area (Å²) in [6, 6.07) is 26.6. The van der Waals surface area contributed by atoms with Crippen LogP contribution in [0.1, 0.15) is 11.1 Å². The van der Waals surface area contributed by atoms with Crippen LogP contribution >= 0.6 is 11.6 Å². The molecule has 0 amide bonds. The molecule has 0 heterocycles. The first-order valence-corrected chi connectivity index (χ1v) is 8.30. The molecule has 24 heavy (non-hydrogen) atoms. The molecule has 0 bridgehead atoms. The van der Waals surface area contributed by atoms with Crippen LogP contribution in [0, 0.1) is 0 Å². The van der Waals surface area contributed by atoms with E-state index in [9.17, 15) is 0 Å². The highest BCUT2D eigenvalue weighted by atomic mass is 35.5. The van der Waals surface area contributed by atoms with Gasteiger partial charge in [0.1, 0.15) is 5.75 Å². The minimum absolute atomic E-state index is 0.705. The van der Waals surface area contributed by atoms with Gasteiger partial charge in [0.05, 0.1) is 12.8 Å². The summed E-state index contributed by atoms with van der Waals surface area (Å²) in [5.74, 6) is 0.825. The predicted molar refractivity (Wildman–Crippen MR) is 101 cm³/mol. The van der Waals surface area contributed by atoms with Gasteiger partial charge in [-0.3, -0.25) is 0 Å². The summed E-state index contributed by atoms with van der Waals surface area (Å²) < 4.78 is 5.56. The zero-order valence-electron chi connectivity index (χ0n) is 13.7. The Bertz CT molecular complexity index is 733. The van der Waals surface area contributed by atoms with Crippen LogP contribution in [0.25, 0.3) is 0 Å². The van der Waals surface area contributed by atoms with Gasteiger partial charge in [-0.1, -0.05) is 72.3 Å². The van der Waals surface area contributed by atoms with Gasteiger partial charge < -0.3 is 9.64 Å². The van der Waals surface area contributed by atoms with Crippen molar-refractivity contribution in [2.45, 2.75) is 13.1 Å². The lowest BCUT2D eigenvalue weighted by atomic mass is 10.1. The first-order valence-electron chi connectivity index (χ1n) is 7.92. The van der Waals surface area contributed by atoms with Gasteiger partial charge in [0, 0.05) is 18.1 Å². The van der Waals surface area contributed by atoms with E-state index in [4.69, 9.17) is 16.3 Å². The molecule has 0 spiro atoms. The van der Waals surface area contributed by atoms with Crippen LogP contribution in [0.3, 0.4) is 0 Å². The Morgan fingerprint density at radius 2 is 1.33 bits per heavy atom. The van der Waals surface area contributed by atoms with Crippen LogP contribution in [0.2, 0.25) is 5.02 Å². The van der Waals surface area contributed by atoms with Gasteiger partial charge in [0.2, 0.25) is 0 Å². The molecule has 0 radical (unpaired) electrons.